The van der Waals surface area contributed by atoms with Gasteiger partial charge in [-0.3, -0.25) is 9.36 Å². The summed E-state index contributed by atoms with van der Waals surface area (Å²) in [5.41, 5.74) is 4.80. The van der Waals surface area contributed by atoms with Crippen molar-refractivity contribution in [2.75, 3.05) is 0 Å². The molecule has 0 unspecified atom stereocenters. The Morgan fingerprint density at radius 1 is 0.867 bits per heavy atom. The van der Waals surface area contributed by atoms with Crippen molar-refractivity contribution in [1.82, 2.24) is 24.1 Å². The molecule has 0 spiro atoms. The Morgan fingerprint density at radius 3 is 2.33 bits per heavy atom. The second-order valence-electron chi connectivity index (χ2n) is 8.05. The van der Waals surface area contributed by atoms with Gasteiger partial charge in [-0.25, -0.2) is 15.0 Å². The van der Waals surface area contributed by atoms with Crippen LogP contribution in [0.2, 0.25) is 0 Å². The van der Waals surface area contributed by atoms with Gasteiger partial charge in [-0.15, -0.1) is 0 Å². The normalized spacial score (nSPS) is 14.9. The van der Waals surface area contributed by atoms with E-state index >= 15 is 0 Å². The van der Waals surface area contributed by atoms with E-state index in [0.29, 0.717) is 29.1 Å². The Morgan fingerprint density at radius 2 is 1.57 bits per heavy atom. The zero-order valence-electron chi connectivity index (χ0n) is 16.5. The summed E-state index contributed by atoms with van der Waals surface area (Å²) >= 11 is 0. The minimum atomic E-state index is -0.0600. The van der Waals surface area contributed by atoms with Crippen molar-refractivity contribution in [3.63, 3.8) is 0 Å². The molecular formula is C24H21N5O. The summed E-state index contributed by atoms with van der Waals surface area (Å²) in [4.78, 5) is 28.1. The van der Waals surface area contributed by atoms with E-state index in [4.69, 9.17) is 15.0 Å². The summed E-state index contributed by atoms with van der Waals surface area (Å²) < 4.78 is 3.85. The van der Waals surface area contributed by atoms with Crippen LogP contribution in [0.4, 0.5) is 0 Å². The van der Waals surface area contributed by atoms with Crippen molar-refractivity contribution in [3.8, 4) is 0 Å². The summed E-state index contributed by atoms with van der Waals surface area (Å²) in [6.45, 7) is 0.486. The first-order valence-electron chi connectivity index (χ1n) is 10.5. The maximum atomic E-state index is 13.6. The van der Waals surface area contributed by atoms with Crippen molar-refractivity contribution in [3.05, 3.63) is 76.8 Å². The molecule has 3 heterocycles. The van der Waals surface area contributed by atoms with E-state index in [0.717, 1.165) is 35.1 Å². The largest absolute Gasteiger partial charge is 0.305 e. The fourth-order valence-electron chi connectivity index (χ4n) is 4.70. The first-order chi connectivity index (χ1) is 14.8. The van der Waals surface area contributed by atoms with Gasteiger partial charge in [0, 0.05) is 6.04 Å². The number of nitrogens with zero attached hydrogens (tertiary/aromatic N) is 5. The van der Waals surface area contributed by atoms with Crippen LogP contribution >= 0.6 is 0 Å². The highest BCUT2D eigenvalue weighted by atomic mass is 16.1. The number of benzene rings is 2. The van der Waals surface area contributed by atoms with E-state index in [1.807, 2.05) is 54.6 Å². The fraction of sp³-hybridized carbons (Fsp3) is 0.250. The number of rotatable bonds is 3. The van der Waals surface area contributed by atoms with Crippen LogP contribution < -0.4 is 5.56 Å². The molecule has 3 aromatic heterocycles. The van der Waals surface area contributed by atoms with Gasteiger partial charge in [-0.2, -0.15) is 0 Å². The predicted octanol–water partition coefficient (Wildman–Crippen LogP) is 4.46. The quantitative estimate of drug-likeness (QED) is 0.452. The molecule has 0 saturated heterocycles. The third-order valence-corrected chi connectivity index (χ3v) is 6.15. The number of para-hydroxylation sites is 2. The molecule has 0 amide bonds. The predicted molar refractivity (Wildman–Crippen MR) is 118 cm³/mol. The highest BCUT2D eigenvalue weighted by molar-refractivity contribution is 6.04. The standard InChI is InChI=1S/C24H21N5O/c30-24-20-21-23(27-19-13-7-6-12-18(19)26-21)29(17-10-4-5-11-17)22(20)25-15-28(24)14-16-8-2-1-3-9-16/h1-3,6-9,12-13,15,17H,4-5,10-11,14H2. The lowest BCUT2D eigenvalue weighted by atomic mass is 10.2. The summed E-state index contributed by atoms with van der Waals surface area (Å²) in [5.74, 6) is 0. The van der Waals surface area contributed by atoms with Gasteiger partial charge in [0.25, 0.3) is 5.56 Å². The number of hydrogen-bond donors (Lipinski definition) is 0. The maximum Gasteiger partial charge on any atom is 0.265 e. The lowest BCUT2D eigenvalue weighted by Gasteiger charge is -2.14. The van der Waals surface area contributed by atoms with Gasteiger partial charge in [-0.05, 0) is 30.5 Å². The molecule has 0 bridgehead atoms. The summed E-state index contributed by atoms with van der Waals surface area (Å²) in [6.07, 6.45) is 6.22. The fourth-order valence-corrected chi connectivity index (χ4v) is 4.70. The smallest absolute Gasteiger partial charge is 0.265 e. The Kier molecular flexibility index (Phi) is 3.91. The lowest BCUT2D eigenvalue weighted by molar-refractivity contribution is 0.543. The molecule has 2 aromatic carbocycles. The molecule has 0 aliphatic heterocycles. The van der Waals surface area contributed by atoms with Crippen molar-refractivity contribution in [2.24, 2.45) is 0 Å². The molecule has 5 aromatic rings. The third kappa shape index (κ3) is 2.64. The van der Waals surface area contributed by atoms with Gasteiger partial charge in [0.1, 0.15) is 17.2 Å². The van der Waals surface area contributed by atoms with E-state index < -0.39 is 0 Å². The van der Waals surface area contributed by atoms with Crippen LogP contribution in [0, 0.1) is 0 Å². The van der Waals surface area contributed by atoms with E-state index in [1.54, 1.807) is 10.9 Å². The average molecular weight is 395 g/mol. The second kappa shape index (κ2) is 6.76. The van der Waals surface area contributed by atoms with Crippen LogP contribution in [-0.4, -0.2) is 24.1 Å². The highest BCUT2D eigenvalue weighted by Gasteiger charge is 2.26. The molecule has 1 saturated carbocycles. The van der Waals surface area contributed by atoms with Crippen LogP contribution in [0.15, 0.2) is 65.7 Å². The first kappa shape index (κ1) is 17.3. The molecule has 1 aliphatic carbocycles. The van der Waals surface area contributed by atoms with Gasteiger partial charge in [-0.1, -0.05) is 55.3 Å². The highest BCUT2D eigenvalue weighted by Crippen LogP contribution is 2.36. The zero-order chi connectivity index (χ0) is 20.1. The van der Waals surface area contributed by atoms with Crippen molar-refractivity contribution < 1.29 is 0 Å². The topological polar surface area (TPSA) is 65.6 Å². The Balaban J connectivity index is 1.66. The molecular weight excluding hydrogens is 374 g/mol. The molecule has 148 valence electrons. The van der Waals surface area contributed by atoms with Gasteiger partial charge in [0.2, 0.25) is 0 Å². The van der Waals surface area contributed by atoms with Gasteiger partial charge >= 0.3 is 0 Å². The molecule has 0 atom stereocenters. The van der Waals surface area contributed by atoms with Gasteiger partial charge in [0.15, 0.2) is 11.3 Å². The number of fused-ring (bicyclic) bond motifs is 4. The SMILES string of the molecule is O=c1c2c3nc4ccccc4nc3n(C3CCCC3)c2ncn1Cc1ccccc1. The van der Waals surface area contributed by atoms with Crippen LogP contribution in [0.1, 0.15) is 37.3 Å². The minimum Gasteiger partial charge on any atom is -0.305 e. The molecule has 6 rings (SSSR count). The Labute approximate surface area is 172 Å². The molecule has 0 radical (unpaired) electrons. The summed E-state index contributed by atoms with van der Waals surface area (Å²) in [5, 5.41) is 0.577. The molecule has 0 N–H and O–H groups in total. The van der Waals surface area contributed by atoms with E-state index in [9.17, 15) is 4.79 Å². The van der Waals surface area contributed by atoms with Crippen LogP contribution in [0.5, 0.6) is 0 Å². The molecule has 1 fully saturated rings. The van der Waals surface area contributed by atoms with Crippen molar-refractivity contribution in [2.45, 2.75) is 38.3 Å². The average Bonchev–Trinajstić information content (AvgIpc) is 3.41. The molecule has 1 aliphatic rings. The maximum absolute atomic E-state index is 13.6. The molecule has 6 heteroatoms. The monoisotopic (exact) mass is 395 g/mol. The molecule has 6 nitrogen and oxygen atoms in total. The second-order valence-corrected chi connectivity index (χ2v) is 8.05. The molecule has 30 heavy (non-hydrogen) atoms. The van der Waals surface area contributed by atoms with Crippen LogP contribution in [0.3, 0.4) is 0 Å². The summed E-state index contributed by atoms with van der Waals surface area (Å²) in [6, 6.07) is 18.1. The number of hydrogen-bond acceptors (Lipinski definition) is 4. The summed E-state index contributed by atoms with van der Waals surface area (Å²) in [7, 11) is 0. The number of aromatic nitrogens is 5. The Bertz CT molecular complexity index is 1450. The van der Waals surface area contributed by atoms with Crippen LogP contribution in [0.25, 0.3) is 33.2 Å². The van der Waals surface area contributed by atoms with Crippen molar-refractivity contribution in [1.29, 1.82) is 0 Å². The third-order valence-electron chi connectivity index (χ3n) is 6.15. The Hall–Kier alpha value is -3.54. The van der Waals surface area contributed by atoms with Crippen LogP contribution in [-0.2, 0) is 6.54 Å². The van der Waals surface area contributed by atoms with E-state index in [1.165, 1.54) is 12.8 Å². The van der Waals surface area contributed by atoms with Gasteiger partial charge in [0.05, 0.1) is 17.6 Å². The minimum absolute atomic E-state index is 0.0600. The lowest BCUT2D eigenvalue weighted by Crippen LogP contribution is -2.21. The van der Waals surface area contributed by atoms with E-state index in [2.05, 4.69) is 4.57 Å². The van der Waals surface area contributed by atoms with Crippen molar-refractivity contribution >= 4 is 33.2 Å². The van der Waals surface area contributed by atoms with Gasteiger partial charge < -0.3 is 4.57 Å². The zero-order valence-corrected chi connectivity index (χ0v) is 16.5. The first-order valence-corrected chi connectivity index (χ1v) is 10.5. The van der Waals surface area contributed by atoms with E-state index in [-0.39, 0.29) is 5.56 Å².